The predicted molar refractivity (Wildman–Crippen MR) is 115 cm³/mol. The summed E-state index contributed by atoms with van der Waals surface area (Å²) in [4.78, 5) is 16.8. The summed E-state index contributed by atoms with van der Waals surface area (Å²) in [5, 5.41) is 4.51. The number of anilines is 1. The van der Waals surface area contributed by atoms with Gasteiger partial charge in [-0.25, -0.2) is 4.98 Å². The number of ether oxygens (including phenoxy) is 1. The average Bonchev–Trinajstić information content (AvgIpc) is 3.11. The normalized spacial score (nSPS) is 10.8. The average molecular weight is 409 g/mol. The molecule has 1 N–H and O–H groups in total. The summed E-state index contributed by atoms with van der Waals surface area (Å²) < 4.78 is 6.83. The van der Waals surface area contributed by atoms with Crippen LogP contribution in [0.4, 0.5) is 5.69 Å². The van der Waals surface area contributed by atoms with Gasteiger partial charge < -0.3 is 10.1 Å². The molecule has 6 heteroatoms. The van der Waals surface area contributed by atoms with E-state index in [1.165, 1.54) is 0 Å². The van der Waals surface area contributed by atoms with Gasteiger partial charge in [-0.15, -0.1) is 11.3 Å². The second-order valence-electron chi connectivity index (χ2n) is 6.21. The van der Waals surface area contributed by atoms with Gasteiger partial charge in [-0.05, 0) is 54.6 Å². The summed E-state index contributed by atoms with van der Waals surface area (Å²) in [5.74, 6) is 1.45. The summed E-state index contributed by atoms with van der Waals surface area (Å²) in [6.45, 7) is 0. The third-order valence-electron chi connectivity index (χ3n) is 4.08. The number of fused-ring (bicyclic) bond motifs is 1. The molecule has 1 heterocycles. The van der Waals surface area contributed by atoms with Crippen LogP contribution in [-0.2, 0) is 11.2 Å². The number of hydrogen-bond donors (Lipinski definition) is 1. The van der Waals surface area contributed by atoms with Crippen LogP contribution in [0.1, 0.15) is 11.4 Å². The number of benzene rings is 3. The number of nitrogens with zero attached hydrogens (tertiary/aromatic N) is 1. The largest absolute Gasteiger partial charge is 0.457 e. The topological polar surface area (TPSA) is 51.2 Å². The Morgan fingerprint density at radius 1 is 1.00 bits per heavy atom. The van der Waals surface area contributed by atoms with E-state index in [1.54, 1.807) is 11.3 Å². The first-order chi connectivity index (χ1) is 13.7. The third-order valence-corrected chi connectivity index (χ3v) is 5.41. The molecule has 0 aliphatic heterocycles. The van der Waals surface area contributed by atoms with Gasteiger partial charge in [0.1, 0.15) is 11.5 Å². The van der Waals surface area contributed by atoms with Crippen LogP contribution in [0.25, 0.3) is 10.2 Å². The summed E-state index contributed by atoms with van der Waals surface area (Å²) in [6, 6.07) is 22.5. The van der Waals surface area contributed by atoms with Crippen LogP contribution < -0.4 is 10.1 Å². The predicted octanol–water partition coefficient (Wildman–Crippen LogP) is 6.31. The lowest BCUT2D eigenvalue weighted by molar-refractivity contribution is -0.116. The van der Waals surface area contributed by atoms with Crippen molar-refractivity contribution in [1.29, 1.82) is 0 Å². The zero-order valence-electron chi connectivity index (χ0n) is 14.9. The van der Waals surface area contributed by atoms with Crippen molar-refractivity contribution < 1.29 is 9.53 Å². The van der Waals surface area contributed by atoms with Crippen molar-refractivity contribution in [2.45, 2.75) is 12.8 Å². The molecule has 4 rings (SSSR count). The summed E-state index contributed by atoms with van der Waals surface area (Å²) >= 11 is 7.58. The smallest absolute Gasteiger partial charge is 0.224 e. The fourth-order valence-corrected chi connectivity index (χ4v) is 3.84. The van der Waals surface area contributed by atoms with Crippen LogP contribution in [-0.4, -0.2) is 10.9 Å². The van der Waals surface area contributed by atoms with Crippen molar-refractivity contribution in [1.82, 2.24) is 4.98 Å². The lowest BCUT2D eigenvalue weighted by Gasteiger charge is -2.08. The highest BCUT2D eigenvalue weighted by atomic mass is 35.5. The molecule has 0 aliphatic rings. The molecule has 4 aromatic rings. The van der Waals surface area contributed by atoms with E-state index in [2.05, 4.69) is 10.3 Å². The molecular weight excluding hydrogens is 392 g/mol. The summed E-state index contributed by atoms with van der Waals surface area (Å²) in [6.07, 6.45) is 0.966. The molecule has 1 aromatic heterocycles. The van der Waals surface area contributed by atoms with Crippen LogP contribution in [0, 0.1) is 0 Å². The van der Waals surface area contributed by atoms with Gasteiger partial charge in [-0.2, -0.15) is 0 Å². The molecule has 0 fully saturated rings. The van der Waals surface area contributed by atoms with Crippen molar-refractivity contribution in [3.8, 4) is 11.5 Å². The maximum atomic E-state index is 12.2. The fourth-order valence-electron chi connectivity index (χ4n) is 2.73. The first kappa shape index (κ1) is 18.5. The number of aryl methyl sites for hydroxylation is 1. The maximum absolute atomic E-state index is 12.2. The standard InChI is InChI=1S/C22H17ClN2O2S/c23-15-6-11-20-19(14-15)25-22(28-20)13-12-21(26)24-16-7-9-18(10-8-16)27-17-4-2-1-3-5-17/h1-11,14H,12-13H2,(H,24,26). The minimum absolute atomic E-state index is 0.0472. The highest BCUT2D eigenvalue weighted by Gasteiger charge is 2.08. The Kier molecular flexibility index (Phi) is 5.55. The van der Waals surface area contributed by atoms with Gasteiger partial charge in [0.05, 0.1) is 15.2 Å². The number of carbonyl (C=O) groups excluding carboxylic acids is 1. The molecule has 0 saturated carbocycles. The monoisotopic (exact) mass is 408 g/mol. The van der Waals surface area contributed by atoms with Crippen LogP contribution in [0.15, 0.2) is 72.8 Å². The molecule has 28 heavy (non-hydrogen) atoms. The van der Waals surface area contributed by atoms with Gasteiger partial charge >= 0.3 is 0 Å². The van der Waals surface area contributed by atoms with Gasteiger partial charge in [-0.3, -0.25) is 4.79 Å². The maximum Gasteiger partial charge on any atom is 0.224 e. The van der Waals surface area contributed by atoms with E-state index in [-0.39, 0.29) is 5.91 Å². The minimum atomic E-state index is -0.0472. The number of para-hydroxylation sites is 1. The zero-order valence-corrected chi connectivity index (χ0v) is 16.5. The summed E-state index contributed by atoms with van der Waals surface area (Å²) in [7, 11) is 0. The highest BCUT2D eigenvalue weighted by molar-refractivity contribution is 7.18. The van der Waals surface area contributed by atoms with E-state index in [9.17, 15) is 4.79 Å². The number of halogens is 1. The molecule has 0 saturated heterocycles. The molecule has 0 radical (unpaired) electrons. The SMILES string of the molecule is O=C(CCc1nc2cc(Cl)ccc2s1)Nc1ccc(Oc2ccccc2)cc1. The fraction of sp³-hybridized carbons (Fsp3) is 0.0909. The van der Waals surface area contributed by atoms with E-state index in [1.807, 2.05) is 72.8 Å². The number of amides is 1. The first-order valence-corrected chi connectivity index (χ1v) is 10.0. The molecular formula is C22H17ClN2O2S. The number of thiazole rings is 1. The molecule has 0 bridgehead atoms. The Bertz CT molecular complexity index is 1090. The Morgan fingerprint density at radius 2 is 1.75 bits per heavy atom. The molecule has 0 aliphatic carbocycles. The van der Waals surface area contributed by atoms with Gasteiger partial charge in [-0.1, -0.05) is 29.8 Å². The number of rotatable bonds is 6. The molecule has 0 atom stereocenters. The number of nitrogens with one attached hydrogen (secondary N) is 1. The van der Waals surface area contributed by atoms with E-state index in [4.69, 9.17) is 16.3 Å². The summed E-state index contributed by atoms with van der Waals surface area (Å²) in [5.41, 5.74) is 1.61. The minimum Gasteiger partial charge on any atom is -0.457 e. The zero-order chi connectivity index (χ0) is 19.3. The molecule has 0 unspecified atom stereocenters. The molecule has 140 valence electrons. The van der Waals surface area contributed by atoms with E-state index in [0.29, 0.717) is 17.9 Å². The van der Waals surface area contributed by atoms with Gasteiger partial charge in [0, 0.05) is 23.6 Å². The molecule has 0 spiro atoms. The molecule has 1 amide bonds. The number of carbonyl (C=O) groups is 1. The van der Waals surface area contributed by atoms with E-state index in [0.717, 1.165) is 32.4 Å². The van der Waals surface area contributed by atoms with Crippen LogP contribution in [0.2, 0.25) is 5.02 Å². The Hall–Kier alpha value is -2.89. The van der Waals surface area contributed by atoms with Crippen molar-refractivity contribution in [2.24, 2.45) is 0 Å². The Balaban J connectivity index is 1.31. The number of aromatic nitrogens is 1. The quantitative estimate of drug-likeness (QED) is 0.406. The Labute approximate surface area is 171 Å². The van der Waals surface area contributed by atoms with Crippen LogP contribution >= 0.6 is 22.9 Å². The van der Waals surface area contributed by atoms with E-state index < -0.39 is 0 Å². The van der Waals surface area contributed by atoms with E-state index >= 15 is 0 Å². The second kappa shape index (κ2) is 8.42. The van der Waals surface area contributed by atoms with Crippen LogP contribution in [0.5, 0.6) is 11.5 Å². The third kappa shape index (κ3) is 4.68. The lowest BCUT2D eigenvalue weighted by atomic mass is 10.2. The molecule has 3 aromatic carbocycles. The number of hydrogen-bond acceptors (Lipinski definition) is 4. The van der Waals surface area contributed by atoms with Crippen molar-refractivity contribution in [3.63, 3.8) is 0 Å². The van der Waals surface area contributed by atoms with Crippen molar-refractivity contribution >= 4 is 44.7 Å². The van der Waals surface area contributed by atoms with Gasteiger partial charge in [0.25, 0.3) is 0 Å². The van der Waals surface area contributed by atoms with Gasteiger partial charge in [0.2, 0.25) is 5.91 Å². The second-order valence-corrected chi connectivity index (χ2v) is 7.76. The lowest BCUT2D eigenvalue weighted by Crippen LogP contribution is -2.12. The van der Waals surface area contributed by atoms with Crippen molar-refractivity contribution in [3.05, 3.63) is 82.8 Å². The van der Waals surface area contributed by atoms with Crippen molar-refractivity contribution in [2.75, 3.05) is 5.32 Å². The molecule has 4 nitrogen and oxygen atoms in total. The Morgan fingerprint density at radius 3 is 2.54 bits per heavy atom. The van der Waals surface area contributed by atoms with Crippen LogP contribution in [0.3, 0.4) is 0 Å². The first-order valence-electron chi connectivity index (χ1n) is 8.83. The highest BCUT2D eigenvalue weighted by Crippen LogP contribution is 2.26. The van der Waals surface area contributed by atoms with Gasteiger partial charge in [0.15, 0.2) is 0 Å².